The summed E-state index contributed by atoms with van der Waals surface area (Å²) in [7, 11) is 2.98. The Morgan fingerprint density at radius 1 is 1.12 bits per heavy atom. The Hall–Kier alpha value is -3.68. The predicted molar refractivity (Wildman–Crippen MR) is 119 cm³/mol. The van der Waals surface area contributed by atoms with Crippen LogP contribution in [0.25, 0.3) is 5.57 Å². The molecule has 0 saturated carbocycles. The van der Waals surface area contributed by atoms with Gasteiger partial charge in [-0.25, -0.2) is 4.79 Å². The second-order valence-electron chi connectivity index (χ2n) is 7.15. The van der Waals surface area contributed by atoms with Crippen molar-refractivity contribution in [2.75, 3.05) is 27.4 Å². The van der Waals surface area contributed by atoms with Gasteiger partial charge in [-0.3, -0.25) is 4.79 Å². The van der Waals surface area contributed by atoms with E-state index in [2.05, 4.69) is 6.58 Å². The molecule has 0 spiro atoms. The van der Waals surface area contributed by atoms with Crippen LogP contribution in [0.3, 0.4) is 0 Å². The number of ether oxygens (including phenoxy) is 3. The van der Waals surface area contributed by atoms with Gasteiger partial charge in [0.25, 0.3) is 0 Å². The fraction of sp³-hybridized carbons (Fsp3) is 0.200. The van der Waals surface area contributed by atoms with Gasteiger partial charge in [0.2, 0.25) is 0 Å². The summed E-state index contributed by atoms with van der Waals surface area (Å²) in [4.78, 5) is 24.3. The maximum Gasteiger partial charge on any atom is 0.336 e. The largest absolute Gasteiger partial charge is 0.507 e. The molecular formula is C25H24O7. The number of allylic oxidation sites excluding steroid dienone is 1. The lowest BCUT2D eigenvalue weighted by atomic mass is 9.86. The Morgan fingerprint density at radius 3 is 2.56 bits per heavy atom. The first-order chi connectivity index (χ1) is 15.4. The van der Waals surface area contributed by atoms with Gasteiger partial charge in [-0.2, -0.15) is 0 Å². The van der Waals surface area contributed by atoms with Gasteiger partial charge < -0.3 is 24.4 Å². The first kappa shape index (κ1) is 23.0. The van der Waals surface area contributed by atoms with Crippen molar-refractivity contribution in [2.24, 2.45) is 0 Å². The number of benzene rings is 2. The van der Waals surface area contributed by atoms with Crippen LogP contribution in [-0.4, -0.2) is 49.4 Å². The second-order valence-corrected chi connectivity index (χ2v) is 7.15. The summed E-state index contributed by atoms with van der Waals surface area (Å²) in [5.74, 6) is -0.956. The zero-order valence-corrected chi connectivity index (χ0v) is 17.9. The smallest absolute Gasteiger partial charge is 0.336 e. The molecule has 3 rings (SSSR count). The number of aromatic carboxylic acids is 1. The molecule has 0 saturated heterocycles. The topological polar surface area (TPSA) is 102 Å². The van der Waals surface area contributed by atoms with Crippen molar-refractivity contribution < 1.29 is 34.0 Å². The number of rotatable bonds is 9. The molecule has 0 atom stereocenters. The van der Waals surface area contributed by atoms with Gasteiger partial charge in [0.15, 0.2) is 5.78 Å². The number of carbonyl (C=O) groups excluding carboxylic acids is 1. The summed E-state index contributed by atoms with van der Waals surface area (Å²) in [6.45, 7) is 4.00. The fourth-order valence-electron chi connectivity index (χ4n) is 3.53. The standard InChI is InChI=1S/C25H24O7/c1-15(12-30-2)21(26)10-8-16-13-32-24-19(9-11-22(27)20(24)14-31-3)23(16)17-6-4-5-7-18(17)25(28)29/h4-11,27H,1,12-14H2,2-3H3,(H,28,29)/b10-8-. The Bertz CT molecular complexity index is 1130. The number of hydrogen-bond donors (Lipinski definition) is 2. The van der Waals surface area contributed by atoms with Crippen LogP contribution in [0.5, 0.6) is 11.5 Å². The SMILES string of the molecule is C=C(COC)C(=O)/C=C\C1=C(c2ccccc2C(=O)O)c2ccc(O)c(COC)c2OC1. The third-order valence-electron chi connectivity index (χ3n) is 5.02. The molecule has 7 nitrogen and oxygen atoms in total. The van der Waals surface area contributed by atoms with Crippen molar-refractivity contribution in [3.8, 4) is 11.5 Å². The van der Waals surface area contributed by atoms with E-state index in [1.165, 1.54) is 32.4 Å². The van der Waals surface area contributed by atoms with E-state index < -0.39 is 5.97 Å². The van der Waals surface area contributed by atoms with Crippen molar-refractivity contribution in [1.82, 2.24) is 0 Å². The van der Waals surface area contributed by atoms with E-state index in [0.717, 1.165) is 0 Å². The van der Waals surface area contributed by atoms with E-state index in [9.17, 15) is 19.8 Å². The van der Waals surface area contributed by atoms with E-state index in [-0.39, 0.29) is 36.9 Å². The molecular weight excluding hydrogens is 412 g/mol. The minimum absolute atomic E-state index is 0.0153. The molecule has 0 amide bonds. The van der Waals surface area contributed by atoms with Crippen LogP contribution in [0, 0.1) is 0 Å². The molecule has 0 aromatic heterocycles. The summed E-state index contributed by atoms with van der Waals surface area (Å²) in [6.07, 6.45) is 2.97. The molecule has 1 aliphatic heterocycles. The summed E-state index contributed by atoms with van der Waals surface area (Å²) in [5, 5.41) is 20.1. The zero-order valence-electron chi connectivity index (χ0n) is 17.9. The number of aromatic hydroxyl groups is 1. The summed E-state index contributed by atoms with van der Waals surface area (Å²) >= 11 is 0. The minimum Gasteiger partial charge on any atom is -0.507 e. The van der Waals surface area contributed by atoms with Crippen LogP contribution in [0.4, 0.5) is 0 Å². The van der Waals surface area contributed by atoms with E-state index in [0.29, 0.717) is 39.2 Å². The monoisotopic (exact) mass is 436 g/mol. The number of hydrogen-bond acceptors (Lipinski definition) is 6. The number of carbonyl (C=O) groups is 2. The van der Waals surface area contributed by atoms with Gasteiger partial charge in [-0.15, -0.1) is 0 Å². The normalized spacial score (nSPS) is 13.1. The third kappa shape index (κ3) is 4.64. The molecule has 0 unspecified atom stereocenters. The minimum atomic E-state index is -1.08. The highest BCUT2D eigenvalue weighted by atomic mass is 16.5. The number of phenols is 1. The second kappa shape index (κ2) is 10.1. The van der Waals surface area contributed by atoms with Gasteiger partial charge in [-0.1, -0.05) is 30.9 Å². The van der Waals surface area contributed by atoms with Crippen molar-refractivity contribution >= 4 is 17.3 Å². The van der Waals surface area contributed by atoms with Crippen molar-refractivity contribution in [3.05, 3.63) is 88.5 Å². The highest BCUT2D eigenvalue weighted by Gasteiger charge is 2.27. The molecule has 1 aliphatic rings. The molecule has 2 N–H and O–H groups in total. The molecule has 166 valence electrons. The average molecular weight is 436 g/mol. The Kier molecular flexibility index (Phi) is 7.25. The van der Waals surface area contributed by atoms with Gasteiger partial charge >= 0.3 is 5.97 Å². The molecule has 0 aliphatic carbocycles. The Labute approximate surface area is 185 Å². The first-order valence-corrected chi connectivity index (χ1v) is 9.81. The molecule has 2 aromatic carbocycles. The van der Waals surface area contributed by atoms with Crippen LogP contribution in [0.1, 0.15) is 27.0 Å². The lowest BCUT2D eigenvalue weighted by molar-refractivity contribution is -0.111. The van der Waals surface area contributed by atoms with E-state index >= 15 is 0 Å². The van der Waals surface area contributed by atoms with E-state index in [1.807, 2.05) is 0 Å². The summed E-state index contributed by atoms with van der Waals surface area (Å²) < 4.78 is 16.1. The molecule has 32 heavy (non-hydrogen) atoms. The number of methoxy groups -OCH3 is 2. The number of carboxylic acids is 1. The summed E-state index contributed by atoms with van der Waals surface area (Å²) in [6, 6.07) is 9.79. The van der Waals surface area contributed by atoms with E-state index in [1.54, 1.807) is 30.3 Å². The highest BCUT2D eigenvalue weighted by Crippen LogP contribution is 2.43. The van der Waals surface area contributed by atoms with Gasteiger partial charge in [0.05, 0.1) is 24.3 Å². The first-order valence-electron chi connectivity index (χ1n) is 9.81. The van der Waals surface area contributed by atoms with Crippen LogP contribution >= 0.6 is 0 Å². The molecule has 1 heterocycles. The fourth-order valence-corrected chi connectivity index (χ4v) is 3.53. The quantitative estimate of drug-likeness (QED) is 0.577. The van der Waals surface area contributed by atoms with Crippen molar-refractivity contribution in [1.29, 1.82) is 0 Å². The van der Waals surface area contributed by atoms with Crippen LogP contribution < -0.4 is 4.74 Å². The zero-order chi connectivity index (χ0) is 23.3. The highest BCUT2D eigenvalue weighted by molar-refractivity contribution is 6.05. The molecule has 2 aromatic rings. The van der Waals surface area contributed by atoms with Gasteiger partial charge in [-0.05, 0) is 35.4 Å². The lowest BCUT2D eigenvalue weighted by Crippen LogP contribution is -2.15. The molecule has 0 fully saturated rings. The molecule has 7 heteroatoms. The number of fused-ring (bicyclic) bond motifs is 1. The number of ketones is 1. The summed E-state index contributed by atoms with van der Waals surface area (Å²) in [5.41, 5.74) is 3.14. The van der Waals surface area contributed by atoms with E-state index in [4.69, 9.17) is 14.2 Å². The number of phenolic OH excluding ortho intramolecular Hbond substituents is 1. The predicted octanol–water partition coefficient (Wildman–Crippen LogP) is 3.76. The van der Waals surface area contributed by atoms with Gasteiger partial charge in [0.1, 0.15) is 18.1 Å². The van der Waals surface area contributed by atoms with Crippen molar-refractivity contribution in [2.45, 2.75) is 6.61 Å². The maximum absolute atomic E-state index is 12.4. The number of carboxylic acid groups (broad SMARTS) is 1. The molecule has 0 bridgehead atoms. The van der Waals surface area contributed by atoms with Gasteiger partial charge in [0, 0.05) is 30.9 Å². The van der Waals surface area contributed by atoms with Crippen molar-refractivity contribution in [3.63, 3.8) is 0 Å². The maximum atomic E-state index is 12.4. The van der Waals surface area contributed by atoms with Crippen LogP contribution in [0.15, 0.2) is 66.3 Å². The third-order valence-corrected chi connectivity index (χ3v) is 5.02. The molecule has 0 radical (unpaired) electrons. The van der Waals surface area contributed by atoms with Crippen LogP contribution in [0.2, 0.25) is 0 Å². The van der Waals surface area contributed by atoms with Crippen LogP contribution in [-0.2, 0) is 20.9 Å². The Balaban J connectivity index is 2.23. The average Bonchev–Trinajstić information content (AvgIpc) is 2.79. The lowest BCUT2D eigenvalue weighted by Gasteiger charge is -2.26. The Morgan fingerprint density at radius 2 is 1.88 bits per heavy atom.